The van der Waals surface area contributed by atoms with Gasteiger partial charge in [-0.3, -0.25) is 0 Å². The summed E-state index contributed by atoms with van der Waals surface area (Å²) in [5.41, 5.74) is 14.4. The molecule has 1 aromatic heterocycles. The van der Waals surface area contributed by atoms with Gasteiger partial charge in [0.25, 0.3) is 0 Å². The lowest BCUT2D eigenvalue weighted by Gasteiger charge is -2.30. The number of benzene rings is 9. The lowest BCUT2D eigenvalue weighted by molar-refractivity contribution is 0.669. The van der Waals surface area contributed by atoms with Crippen molar-refractivity contribution >= 4 is 49.8 Å². The highest BCUT2D eigenvalue weighted by Crippen LogP contribution is 2.48. The van der Waals surface area contributed by atoms with Crippen LogP contribution in [0.15, 0.2) is 217 Å². The molecule has 0 aliphatic carbocycles. The molecule has 1 heterocycles. The molecule has 0 fully saturated rings. The van der Waals surface area contributed by atoms with E-state index < -0.39 is 0 Å². The maximum Gasteiger partial charge on any atom is 0.135 e. The van der Waals surface area contributed by atoms with Crippen LogP contribution in [0.3, 0.4) is 0 Å². The molecular weight excluding hydrogens is 655 g/mol. The second kappa shape index (κ2) is 13.4. The van der Waals surface area contributed by atoms with E-state index in [9.17, 15) is 0 Å². The average molecular weight is 690 g/mol. The average Bonchev–Trinajstić information content (AvgIpc) is 3.62. The lowest BCUT2D eigenvalue weighted by Crippen LogP contribution is -2.12. The zero-order valence-corrected chi connectivity index (χ0v) is 29.6. The van der Waals surface area contributed by atoms with E-state index in [-0.39, 0.29) is 0 Å². The van der Waals surface area contributed by atoms with Crippen molar-refractivity contribution < 1.29 is 4.42 Å². The third-order valence-electron chi connectivity index (χ3n) is 10.5. The van der Waals surface area contributed by atoms with Crippen molar-refractivity contribution in [3.8, 4) is 44.5 Å². The fourth-order valence-corrected chi connectivity index (χ4v) is 7.89. The molecule has 0 radical (unpaired) electrons. The van der Waals surface area contributed by atoms with Crippen molar-refractivity contribution in [3.05, 3.63) is 212 Å². The zero-order chi connectivity index (χ0) is 35.8. The second-order valence-electron chi connectivity index (χ2n) is 13.7. The van der Waals surface area contributed by atoms with E-state index in [0.29, 0.717) is 0 Å². The molecule has 0 atom stereocenters. The van der Waals surface area contributed by atoms with Crippen molar-refractivity contribution in [2.45, 2.75) is 0 Å². The van der Waals surface area contributed by atoms with Crippen LogP contribution < -0.4 is 4.90 Å². The Kier molecular flexibility index (Phi) is 7.85. The summed E-state index contributed by atoms with van der Waals surface area (Å²) in [4.78, 5) is 2.41. The molecule has 10 rings (SSSR count). The summed E-state index contributed by atoms with van der Waals surface area (Å²) in [6.45, 7) is 0. The minimum Gasteiger partial charge on any atom is -0.456 e. The first-order chi connectivity index (χ1) is 26.8. The van der Waals surface area contributed by atoms with Gasteiger partial charge in [0, 0.05) is 27.7 Å². The van der Waals surface area contributed by atoms with Gasteiger partial charge >= 0.3 is 0 Å². The summed E-state index contributed by atoms with van der Waals surface area (Å²) < 4.78 is 6.31. The fraction of sp³-hybridized carbons (Fsp3) is 0. The van der Waals surface area contributed by atoms with Gasteiger partial charge in [0.15, 0.2) is 0 Å². The van der Waals surface area contributed by atoms with Crippen molar-refractivity contribution in [1.29, 1.82) is 0 Å². The highest BCUT2D eigenvalue weighted by molar-refractivity contribution is 6.07. The number of furan rings is 1. The second-order valence-corrected chi connectivity index (χ2v) is 13.7. The van der Waals surface area contributed by atoms with Crippen LogP contribution in [0, 0.1) is 0 Å². The van der Waals surface area contributed by atoms with Crippen molar-refractivity contribution in [2.24, 2.45) is 0 Å². The maximum absolute atomic E-state index is 6.31. The molecule has 0 unspecified atom stereocenters. The molecule has 0 aliphatic rings. The number of fused-ring (bicyclic) bond motifs is 4. The Bertz CT molecular complexity index is 2920. The molecule has 0 N–H and O–H groups in total. The van der Waals surface area contributed by atoms with Crippen LogP contribution in [0.2, 0.25) is 0 Å². The number of hydrogen-bond donors (Lipinski definition) is 0. The van der Waals surface area contributed by atoms with Gasteiger partial charge in [0.05, 0.1) is 5.69 Å². The van der Waals surface area contributed by atoms with Crippen LogP contribution in [-0.4, -0.2) is 0 Å². The topological polar surface area (TPSA) is 16.4 Å². The van der Waals surface area contributed by atoms with Crippen LogP contribution in [0.5, 0.6) is 0 Å². The molecule has 0 amide bonds. The number of nitrogens with zero attached hydrogens (tertiary/aromatic N) is 1. The maximum atomic E-state index is 6.31. The Hall–Kier alpha value is -7.16. The summed E-state index contributed by atoms with van der Waals surface area (Å²) in [6, 6.07) is 76.1. The molecule has 0 saturated heterocycles. The molecule has 54 heavy (non-hydrogen) atoms. The van der Waals surface area contributed by atoms with E-state index in [1.807, 2.05) is 12.1 Å². The van der Waals surface area contributed by atoms with Crippen LogP contribution in [0.25, 0.3) is 77.2 Å². The first-order valence-electron chi connectivity index (χ1n) is 18.4. The van der Waals surface area contributed by atoms with E-state index in [1.54, 1.807) is 0 Å². The van der Waals surface area contributed by atoms with Gasteiger partial charge in [-0.25, -0.2) is 0 Å². The number of anilines is 3. The molecule has 0 bridgehead atoms. The van der Waals surface area contributed by atoms with Gasteiger partial charge in [-0.1, -0.05) is 164 Å². The first-order valence-corrected chi connectivity index (χ1v) is 18.4. The molecule has 10 aromatic rings. The summed E-state index contributed by atoms with van der Waals surface area (Å²) in [5.74, 6) is 0. The third kappa shape index (κ3) is 5.62. The van der Waals surface area contributed by atoms with Crippen molar-refractivity contribution in [1.82, 2.24) is 0 Å². The Morgan fingerprint density at radius 3 is 1.70 bits per heavy atom. The highest BCUT2D eigenvalue weighted by atomic mass is 16.3. The molecule has 0 saturated carbocycles. The van der Waals surface area contributed by atoms with E-state index in [1.165, 1.54) is 55.3 Å². The van der Waals surface area contributed by atoms with Gasteiger partial charge in [0.2, 0.25) is 0 Å². The van der Waals surface area contributed by atoms with Crippen LogP contribution in [0.4, 0.5) is 17.1 Å². The molecule has 2 nitrogen and oxygen atoms in total. The Morgan fingerprint density at radius 1 is 0.315 bits per heavy atom. The van der Waals surface area contributed by atoms with E-state index in [2.05, 4.69) is 205 Å². The summed E-state index contributed by atoms with van der Waals surface area (Å²) >= 11 is 0. The summed E-state index contributed by atoms with van der Waals surface area (Å²) in [7, 11) is 0. The first kappa shape index (κ1) is 31.6. The molecule has 0 spiro atoms. The Balaban J connectivity index is 1.23. The quantitative estimate of drug-likeness (QED) is 0.166. The number of rotatable bonds is 7. The molecule has 0 aliphatic heterocycles. The Morgan fingerprint density at radius 2 is 0.907 bits per heavy atom. The van der Waals surface area contributed by atoms with Gasteiger partial charge in [-0.15, -0.1) is 0 Å². The van der Waals surface area contributed by atoms with Gasteiger partial charge < -0.3 is 9.32 Å². The normalized spacial score (nSPS) is 11.3. The Labute approximate surface area is 314 Å². The monoisotopic (exact) mass is 689 g/mol. The number of para-hydroxylation sites is 1. The molecule has 9 aromatic carbocycles. The molecular formula is C52H35NO. The molecule has 2 heteroatoms. The van der Waals surface area contributed by atoms with Gasteiger partial charge in [-0.05, 0) is 98.2 Å². The smallest absolute Gasteiger partial charge is 0.135 e. The van der Waals surface area contributed by atoms with Crippen LogP contribution in [0.1, 0.15) is 0 Å². The minimum absolute atomic E-state index is 0.874. The lowest BCUT2D eigenvalue weighted by atomic mass is 9.87. The highest BCUT2D eigenvalue weighted by Gasteiger charge is 2.23. The molecule has 254 valence electrons. The van der Waals surface area contributed by atoms with E-state index in [4.69, 9.17) is 4.42 Å². The predicted octanol–water partition coefficient (Wildman–Crippen LogP) is 14.9. The predicted molar refractivity (Wildman–Crippen MR) is 228 cm³/mol. The summed E-state index contributed by atoms with van der Waals surface area (Å²) in [6.07, 6.45) is 0. The van der Waals surface area contributed by atoms with Crippen molar-refractivity contribution in [3.63, 3.8) is 0 Å². The minimum atomic E-state index is 0.874. The fourth-order valence-electron chi connectivity index (χ4n) is 7.89. The van der Waals surface area contributed by atoms with Crippen LogP contribution >= 0.6 is 0 Å². The zero-order valence-electron chi connectivity index (χ0n) is 29.6. The van der Waals surface area contributed by atoms with Gasteiger partial charge in [-0.2, -0.15) is 0 Å². The largest absolute Gasteiger partial charge is 0.456 e. The van der Waals surface area contributed by atoms with Gasteiger partial charge in [0.1, 0.15) is 11.2 Å². The van der Waals surface area contributed by atoms with Crippen molar-refractivity contribution in [2.75, 3.05) is 4.90 Å². The van der Waals surface area contributed by atoms with E-state index in [0.717, 1.165) is 39.0 Å². The SMILES string of the molecule is c1ccc(-c2ccccc2-c2c(-c3ccccc3)cccc2N(c2ccc(-c3ccc4ccccc4c3)cc2)c2ccc3oc4ccccc4c3c2)cc1. The van der Waals surface area contributed by atoms with Crippen LogP contribution in [-0.2, 0) is 0 Å². The number of hydrogen-bond acceptors (Lipinski definition) is 2. The third-order valence-corrected chi connectivity index (χ3v) is 10.5. The van der Waals surface area contributed by atoms with E-state index >= 15 is 0 Å². The standard InChI is InChI=1S/C52H35NO/c1-3-15-38(16-4-1)44-20-9-10-22-47(44)52-45(39-17-5-2-6-18-39)23-13-24-49(52)53(43-32-33-51-48(35-43)46-21-11-12-25-50(46)54-51)42-30-28-37(29-31-42)41-27-26-36-14-7-8-19-40(36)34-41/h1-35H. The summed E-state index contributed by atoms with van der Waals surface area (Å²) in [5, 5.41) is 4.67.